The van der Waals surface area contributed by atoms with Gasteiger partial charge in [-0.1, -0.05) is 6.07 Å². The number of aromatic nitrogens is 1. The summed E-state index contributed by atoms with van der Waals surface area (Å²) < 4.78 is 5.64. The van der Waals surface area contributed by atoms with Crippen LogP contribution in [0.3, 0.4) is 0 Å². The minimum absolute atomic E-state index is 0.363. The van der Waals surface area contributed by atoms with Crippen molar-refractivity contribution in [3.63, 3.8) is 0 Å². The molecule has 0 saturated carbocycles. The topological polar surface area (TPSA) is 71.9 Å². The first-order valence-corrected chi connectivity index (χ1v) is 5.10. The molecule has 0 radical (unpaired) electrons. The molecule has 0 bridgehead atoms. The van der Waals surface area contributed by atoms with Crippen LogP contribution < -0.4 is 10.5 Å². The van der Waals surface area contributed by atoms with Crippen molar-refractivity contribution in [2.75, 3.05) is 5.73 Å². The molecule has 0 fully saturated rings. The molecule has 84 valence electrons. The van der Waals surface area contributed by atoms with Gasteiger partial charge < -0.3 is 10.5 Å². The summed E-state index contributed by atoms with van der Waals surface area (Å²) in [6, 6.07) is 10.7. The Balaban J connectivity index is 2.26. The van der Waals surface area contributed by atoms with Gasteiger partial charge in [0.2, 0.25) is 0 Å². The van der Waals surface area contributed by atoms with E-state index in [2.05, 4.69) is 4.98 Å². The normalized spacial score (nSPS) is 9.65. The van der Waals surface area contributed by atoms with E-state index in [0.717, 1.165) is 5.56 Å². The van der Waals surface area contributed by atoms with Crippen LogP contribution in [0, 0.1) is 18.3 Å². The molecule has 2 aromatic rings. The highest BCUT2D eigenvalue weighted by atomic mass is 16.5. The number of ether oxygens (including phenoxy) is 1. The summed E-state index contributed by atoms with van der Waals surface area (Å²) in [6.45, 7) is 1.89. The van der Waals surface area contributed by atoms with Crippen LogP contribution in [-0.2, 0) is 0 Å². The van der Waals surface area contributed by atoms with E-state index in [-0.39, 0.29) is 0 Å². The molecule has 0 aliphatic rings. The summed E-state index contributed by atoms with van der Waals surface area (Å²) >= 11 is 0. The zero-order valence-electron chi connectivity index (χ0n) is 9.34. The van der Waals surface area contributed by atoms with Crippen LogP contribution in [0.2, 0.25) is 0 Å². The number of nitrogens with two attached hydrogens (primary N) is 1. The van der Waals surface area contributed by atoms with Gasteiger partial charge in [-0.3, -0.25) is 0 Å². The standard InChI is InChI=1S/C13H11N3O/c1-9-12(15)3-2-4-13(9)17-11-6-5-10(7-14)16-8-11/h2-6,8H,15H2,1H3. The third kappa shape index (κ3) is 2.34. The maximum absolute atomic E-state index is 8.63. The smallest absolute Gasteiger partial charge is 0.145 e. The van der Waals surface area contributed by atoms with Crippen LogP contribution in [-0.4, -0.2) is 4.98 Å². The molecule has 2 N–H and O–H groups in total. The third-order valence-corrected chi connectivity index (χ3v) is 2.40. The molecule has 2 rings (SSSR count). The van der Waals surface area contributed by atoms with E-state index in [1.54, 1.807) is 12.1 Å². The van der Waals surface area contributed by atoms with Gasteiger partial charge in [-0.25, -0.2) is 4.98 Å². The SMILES string of the molecule is Cc1c(N)cccc1Oc1ccc(C#N)nc1. The monoisotopic (exact) mass is 225 g/mol. The molecule has 0 aliphatic carbocycles. The Hall–Kier alpha value is -2.54. The second-order valence-electron chi connectivity index (χ2n) is 3.56. The molecule has 1 heterocycles. The molecule has 0 spiro atoms. The van der Waals surface area contributed by atoms with Crippen molar-refractivity contribution in [2.24, 2.45) is 0 Å². The van der Waals surface area contributed by atoms with Crippen LogP contribution in [0.25, 0.3) is 0 Å². The van der Waals surface area contributed by atoms with Gasteiger partial charge in [-0.05, 0) is 31.2 Å². The van der Waals surface area contributed by atoms with Gasteiger partial charge >= 0.3 is 0 Å². The van der Waals surface area contributed by atoms with Gasteiger partial charge in [0.25, 0.3) is 0 Å². The predicted octanol–water partition coefficient (Wildman–Crippen LogP) is 2.64. The highest BCUT2D eigenvalue weighted by Gasteiger charge is 2.04. The lowest BCUT2D eigenvalue weighted by Gasteiger charge is -2.09. The van der Waals surface area contributed by atoms with Gasteiger partial charge in [0, 0.05) is 11.3 Å². The summed E-state index contributed by atoms with van der Waals surface area (Å²) in [5.41, 5.74) is 7.71. The zero-order chi connectivity index (χ0) is 12.3. The molecule has 0 amide bonds. The molecule has 4 heteroatoms. The van der Waals surface area contributed by atoms with E-state index in [9.17, 15) is 0 Å². The number of benzene rings is 1. The van der Waals surface area contributed by atoms with Crippen molar-refractivity contribution >= 4 is 5.69 Å². The molecule has 4 nitrogen and oxygen atoms in total. The average Bonchev–Trinajstić information content (AvgIpc) is 2.36. The van der Waals surface area contributed by atoms with E-state index in [4.69, 9.17) is 15.7 Å². The van der Waals surface area contributed by atoms with Crippen LogP contribution >= 0.6 is 0 Å². The number of nitrogen functional groups attached to an aromatic ring is 1. The number of hydrogen-bond acceptors (Lipinski definition) is 4. The maximum atomic E-state index is 8.63. The predicted molar refractivity (Wildman–Crippen MR) is 64.6 cm³/mol. The fourth-order valence-corrected chi connectivity index (χ4v) is 1.38. The molecule has 1 aromatic carbocycles. The highest BCUT2D eigenvalue weighted by molar-refractivity contribution is 5.54. The Morgan fingerprint density at radius 1 is 1.29 bits per heavy atom. The number of hydrogen-bond donors (Lipinski definition) is 1. The largest absolute Gasteiger partial charge is 0.455 e. The molecule has 0 unspecified atom stereocenters. The summed E-state index contributed by atoms with van der Waals surface area (Å²) in [7, 11) is 0. The van der Waals surface area contributed by atoms with Gasteiger partial charge in [0.15, 0.2) is 0 Å². The van der Waals surface area contributed by atoms with Crippen molar-refractivity contribution in [2.45, 2.75) is 6.92 Å². The fraction of sp³-hybridized carbons (Fsp3) is 0.0769. The van der Waals surface area contributed by atoms with E-state index in [1.165, 1.54) is 6.20 Å². The summed E-state index contributed by atoms with van der Waals surface area (Å²) in [6.07, 6.45) is 1.52. The lowest BCUT2D eigenvalue weighted by molar-refractivity contribution is 0.477. The Bertz CT molecular complexity index is 570. The summed E-state index contributed by atoms with van der Waals surface area (Å²) in [5.74, 6) is 1.27. The molecule has 1 aromatic heterocycles. The number of anilines is 1. The van der Waals surface area contributed by atoms with Crippen LogP contribution in [0.1, 0.15) is 11.3 Å². The maximum Gasteiger partial charge on any atom is 0.145 e. The quantitative estimate of drug-likeness (QED) is 0.797. The van der Waals surface area contributed by atoms with Gasteiger partial charge in [0.1, 0.15) is 23.3 Å². The molecular formula is C13H11N3O. The lowest BCUT2D eigenvalue weighted by atomic mass is 10.2. The number of nitrogens with zero attached hydrogens (tertiary/aromatic N) is 2. The van der Waals surface area contributed by atoms with Crippen LogP contribution in [0.4, 0.5) is 5.69 Å². The first-order valence-electron chi connectivity index (χ1n) is 5.10. The van der Waals surface area contributed by atoms with Crippen molar-refractivity contribution in [1.82, 2.24) is 4.98 Å². The minimum Gasteiger partial charge on any atom is -0.455 e. The molecule has 0 saturated heterocycles. The number of nitriles is 1. The second-order valence-corrected chi connectivity index (χ2v) is 3.56. The van der Waals surface area contributed by atoms with Crippen molar-refractivity contribution in [3.05, 3.63) is 47.8 Å². The first-order chi connectivity index (χ1) is 8.20. The Labute approximate surface area is 99.3 Å². The van der Waals surface area contributed by atoms with Gasteiger partial charge in [0.05, 0.1) is 6.20 Å². The fourth-order valence-electron chi connectivity index (χ4n) is 1.38. The molecular weight excluding hydrogens is 214 g/mol. The minimum atomic E-state index is 0.363. The Morgan fingerprint density at radius 2 is 2.12 bits per heavy atom. The average molecular weight is 225 g/mol. The third-order valence-electron chi connectivity index (χ3n) is 2.40. The van der Waals surface area contributed by atoms with Crippen molar-refractivity contribution in [1.29, 1.82) is 5.26 Å². The van der Waals surface area contributed by atoms with Crippen LogP contribution in [0.15, 0.2) is 36.5 Å². The van der Waals surface area contributed by atoms with Gasteiger partial charge in [-0.2, -0.15) is 5.26 Å². The molecule has 0 aliphatic heterocycles. The zero-order valence-corrected chi connectivity index (χ0v) is 9.34. The Morgan fingerprint density at radius 3 is 2.76 bits per heavy atom. The highest BCUT2D eigenvalue weighted by Crippen LogP contribution is 2.27. The molecule has 0 atom stereocenters. The molecule has 17 heavy (non-hydrogen) atoms. The number of pyridine rings is 1. The first kappa shape index (κ1) is 11.0. The van der Waals surface area contributed by atoms with Crippen LogP contribution in [0.5, 0.6) is 11.5 Å². The van der Waals surface area contributed by atoms with E-state index in [1.807, 2.05) is 31.2 Å². The summed E-state index contributed by atoms with van der Waals surface area (Å²) in [5, 5.41) is 8.63. The van der Waals surface area contributed by atoms with Crippen molar-refractivity contribution in [3.8, 4) is 17.6 Å². The van der Waals surface area contributed by atoms with E-state index < -0.39 is 0 Å². The van der Waals surface area contributed by atoms with E-state index >= 15 is 0 Å². The van der Waals surface area contributed by atoms with E-state index in [0.29, 0.717) is 22.9 Å². The number of rotatable bonds is 2. The second kappa shape index (κ2) is 4.54. The summed E-state index contributed by atoms with van der Waals surface area (Å²) in [4.78, 5) is 3.93. The Kier molecular flexibility index (Phi) is 2.93. The van der Waals surface area contributed by atoms with Gasteiger partial charge in [-0.15, -0.1) is 0 Å². The van der Waals surface area contributed by atoms with Crippen molar-refractivity contribution < 1.29 is 4.74 Å². The lowest BCUT2D eigenvalue weighted by Crippen LogP contribution is -1.93.